The molecule has 1 aromatic carbocycles. The van der Waals surface area contributed by atoms with Crippen molar-refractivity contribution in [2.75, 3.05) is 12.5 Å². The van der Waals surface area contributed by atoms with E-state index in [0.717, 1.165) is 5.75 Å². The first kappa shape index (κ1) is 11.2. The third kappa shape index (κ3) is 3.06. The van der Waals surface area contributed by atoms with E-state index in [1.165, 1.54) is 5.65 Å². The number of anilines is 1. The van der Waals surface area contributed by atoms with Gasteiger partial charge in [0.1, 0.15) is 5.75 Å². The highest BCUT2D eigenvalue weighted by Crippen LogP contribution is 2.13. The number of nitrogens with one attached hydrogen (secondary N) is 2. The molecule has 0 aliphatic rings. The van der Waals surface area contributed by atoms with Crippen molar-refractivity contribution in [1.82, 2.24) is 5.65 Å². The van der Waals surface area contributed by atoms with Gasteiger partial charge in [0.15, 0.2) is 0 Å². The minimum Gasteiger partial charge on any atom is -0.497 e. The predicted molar refractivity (Wildman–Crippen MR) is 51.2 cm³/mol. The summed E-state index contributed by atoms with van der Waals surface area (Å²) < 4.78 is 16.4. The number of methoxy groups -OCH3 is 1. The second-order valence-electron chi connectivity index (χ2n) is 1.95. The van der Waals surface area contributed by atoms with Crippen molar-refractivity contribution >= 4 is 22.7 Å². The molecule has 0 atom stereocenters. The SMILES string of the molecule is Br.COc1ccc(NNF)cc1. The second-order valence-corrected chi connectivity index (χ2v) is 1.95. The molecule has 0 aliphatic heterocycles. The third-order valence-electron chi connectivity index (χ3n) is 1.28. The molecule has 0 aliphatic carbocycles. The number of halogens is 2. The average molecular weight is 237 g/mol. The van der Waals surface area contributed by atoms with Crippen molar-refractivity contribution in [3.8, 4) is 5.75 Å². The molecule has 1 aromatic rings. The monoisotopic (exact) mass is 236 g/mol. The maximum atomic E-state index is 11.5. The molecule has 3 nitrogen and oxygen atoms in total. The van der Waals surface area contributed by atoms with E-state index in [2.05, 4.69) is 5.43 Å². The van der Waals surface area contributed by atoms with E-state index in [9.17, 15) is 4.48 Å². The molecule has 1 rings (SSSR count). The molecule has 68 valence electrons. The van der Waals surface area contributed by atoms with E-state index < -0.39 is 0 Å². The molecule has 0 amide bonds. The Balaban J connectivity index is 0.00000121. The Morgan fingerprint density at radius 3 is 2.25 bits per heavy atom. The highest BCUT2D eigenvalue weighted by molar-refractivity contribution is 8.93. The fraction of sp³-hybridized carbons (Fsp3) is 0.143. The van der Waals surface area contributed by atoms with Crippen LogP contribution in [0.2, 0.25) is 0 Å². The molecule has 0 fully saturated rings. The van der Waals surface area contributed by atoms with E-state index in [-0.39, 0.29) is 17.0 Å². The molecule has 12 heavy (non-hydrogen) atoms. The maximum Gasteiger partial charge on any atom is 0.119 e. The molecule has 0 saturated heterocycles. The van der Waals surface area contributed by atoms with Gasteiger partial charge in [-0.05, 0) is 24.3 Å². The molecule has 0 bridgehead atoms. The Morgan fingerprint density at radius 2 is 1.83 bits per heavy atom. The number of benzene rings is 1. The first-order chi connectivity index (χ1) is 5.36. The van der Waals surface area contributed by atoms with E-state index in [0.29, 0.717) is 5.69 Å². The number of rotatable bonds is 3. The quantitative estimate of drug-likeness (QED) is 0.623. The van der Waals surface area contributed by atoms with Crippen LogP contribution in [-0.2, 0) is 0 Å². The lowest BCUT2D eigenvalue weighted by Crippen LogP contribution is -2.09. The lowest BCUT2D eigenvalue weighted by molar-refractivity contribution is 0.376. The minimum absolute atomic E-state index is 0. The summed E-state index contributed by atoms with van der Waals surface area (Å²) in [5.74, 6) is 0.745. The summed E-state index contributed by atoms with van der Waals surface area (Å²) in [4.78, 5) is 0. The van der Waals surface area contributed by atoms with Crippen LogP contribution in [0.15, 0.2) is 24.3 Å². The first-order valence-electron chi connectivity index (χ1n) is 3.12. The zero-order valence-corrected chi connectivity index (χ0v) is 8.22. The molecule has 0 aromatic heterocycles. The molecule has 0 spiro atoms. The first-order valence-corrected chi connectivity index (χ1v) is 3.12. The Bertz CT molecular complexity index is 217. The van der Waals surface area contributed by atoms with Gasteiger partial charge in [-0.1, -0.05) is 5.65 Å². The summed E-state index contributed by atoms with van der Waals surface area (Å²) in [6.07, 6.45) is 0. The van der Waals surface area contributed by atoms with Gasteiger partial charge in [-0.2, -0.15) is 0 Å². The second kappa shape index (κ2) is 5.79. The highest BCUT2D eigenvalue weighted by Gasteiger charge is 1.90. The van der Waals surface area contributed by atoms with Crippen LogP contribution in [0.1, 0.15) is 0 Å². The lowest BCUT2D eigenvalue weighted by atomic mass is 10.3. The van der Waals surface area contributed by atoms with Crippen LogP contribution in [0.4, 0.5) is 10.2 Å². The van der Waals surface area contributed by atoms with Crippen LogP contribution in [-0.4, -0.2) is 7.11 Å². The molecule has 0 unspecified atom stereocenters. The zero-order chi connectivity index (χ0) is 8.10. The average Bonchev–Trinajstić information content (AvgIpc) is 2.07. The van der Waals surface area contributed by atoms with Crippen molar-refractivity contribution in [2.24, 2.45) is 0 Å². The zero-order valence-electron chi connectivity index (χ0n) is 6.50. The molecular weight excluding hydrogens is 227 g/mol. The third-order valence-corrected chi connectivity index (χ3v) is 1.28. The van der Waals surface area contributed by atoms with Gasteiger partial charge < -0.3 is 4.74 Å². The summed E-state index contributed by atoms with van der Waals surface area (Å²) in [6.45, 7) is 0. The van der Waals surface area contributed by atoms with Crippen molar-refractivity contribution in [3.63, 3.8) is 0 Å². The molecule has 5 heteroatoms. The van der Waals surface area contributed by atoms with Gasteiger partial charge >= 0.3 is 0 Å². The van der Waals surface area contributed by atoms with Crippen LogP contribution in [0.3, 0.4) is 0 Å². The van der Waals surface area contributed by atoms with Gasteiger partial charge in [0.05, 0.1) is 12.8 Å². The molecule has 0 heterocycles. The molecular formula is C7H10BrFN2O. The van der Waals surface area contributed by atoms with Gasteiger partial charge in [0.25, 0.3) is 0 Å². The van der Waals surface area contributed by atoms with Crippen molar-refractivity contribution in [3.05, 3.63) is 24.3 Å². The van der Waals surface area contributed by atoms with E-state index in [4.69, 9.17) is 4.74 Å². The Kier molecular flexibility index (Phi) is 5.40. The Hall–Kier alpha value is -0.810. The fourth-order valence-electron chi connectivity index (χ4n) is 0.729. The van der Waals surface area contributed by atoms with Crippen LogP contribution < -0.4 is 15.8 Å². The topological polar surface area (TPSA) is 33.3 Å². The minimum atomic E-state index is 0. The summed E-state index contributed by atoms with van der Waals surface area (Å²) in [6, 6.07) is 6.87. The standard InChI is InChI=1S/C7H9FN2O.BrH/c1-11-7-4-2-6(3-5-7)9-10-8;/h2-5,9-10H,1H3;1H. The highest BCUT2D eigenvalue weighted by atomic mass is 79.9. The van der Waals surface area contributed by atoms with Crippen LogP contribution in [0.25, 0.3) is 0 Å². The van der Waals surface area contributed by atoms with Crippen LogP contribution in [0, 0.1) is 0 Å². The van der Waals surface area contributed by atoms with Gasteiger partial charge in [-0.3, -0.25) is 5.43 Å². The van der Waals surface area contributed by atoms with Crippen molar-refractivity contribution in [1.29, 1.82) is 0 Å². The van der Waals surface area contributed by atoms with E-state index in [1.54, 1.807) is 31.4 Å². The summed E-state index contributed by atoms with van der Waals surface area (Å²) >= 11 is 0. The van der Waals surface area contributed by atoms with Crippen LogP contribution in [0.5, 0.6) is 5.75 Å². The van der Waals surface area contributed by atoms with Crippen molar-refractivity contribution < 1.29 is 9.22 Å². The largest absolute Gasteiger partial charge is 0.497 e. The van der Waals surface area contributed by atoms with E-state index in [1.807, 2.05) is 0 Å². The molecule has 2 N–H and O–H groups in total. The maximum absolute atomic E-state index is 11.5. The lowest BCUT2D eigenvalue weighted by Gasteiger charge is -2.02. The predicted octanol–water partition coefficient (Wildman–Crippen LogP) is 2.07. The van der Waals surface area contributed by atoms with E-state index >= 15 is 0 Å². The smallest absolute Gasteiger partial charge is 0.119 e. The Labute approximate surface area is 80.6 Å². The number of ether oxygens (including phenoxy) is 1. The summed E-state index contributed by atoms with van der Waals surface area (Å²) in [7, 11) is 1.58. The fourth-order valence-corrected chi connectivity index (χ4v) is 0.729. The summed E-state index contributed by atoms with van der Waals surface area (Å²) in [5.41, 5.74) is 4.26. The van der Waals surface area contributed by atoms with Gasteiger partial charge in [-0.15, -0.1) is 21.5 Å². The normalized spacial score (nSPS) is 8.50. The van der Waals surface area contributed by atoms with Gasteiger partial charge in [-0.25, -0.2) is 0 Å². The summed E-state index contributed by atoms with van der Waals surface area (Å²) in [5, 5.41) is 0. The number of hydrazine groups is 1. The number of hydrogen-bond donors (Lipinski definition) is 2. The van der Waals surface area contributed by atoms with Gasteiger partial charge in [0, 0.05) is 0 Å². The Morgan fingerprint density at radius 1 is 1.25 bits per heavy atom. The van der Waals surface area contributed by atoms with Crippen LogP contribution >= 0.6 is 17.0 Å². The van der Waals surface area contributed by atoms with Gasteiger partial charge in [0.2, 0.25) is 0 Å². The molecule has 0 saturated carbocycles. The molecule has 0 radical (unpaired) electrons. The number of hydrogen-bond acceptors (Lipinski definition) is 3. The van der Waals surface area contributed by atoms with Crippen molar-refractivity contribution in [2.45, 2.75) is 0 Å².